The predicted octanol–water partition coefficient (Wildman–Crippen LogP) is -8.43. The number of nitrogens with one attached hydrogen (secondary N) is 2. The topological polar surface area (TPSA) is 345 Å². The van der Waals surface area contributed by atoms with Gasteiger partial charge in [-0.15, -0.1) is 0 Å². The minimum atomic E-state index is -1.91. The first kappa shape index (κ1) is 41.0. The SMILES string of the molecule is CC(=O)N[C@@H]1[C@@H](O[C@H]2O[C@@H](C)[C@@H](O)[C@@H](O)[C@@H]2O)[C@H](O[C@H]2O[C@H](CO)[C@@H](O[C@@H]3O[C@H](CO)[C@@H](O)[C@H](O)[C@@H]3O)[C@H](O)[C@H]2NC(C)=O)[C@@H](CO)O[C@@H]1O. The summed E-state index contributed by atoms with van der Waals surface area (Å²) in [7, 11) is 0. The van der Waals surface area contributed by atoms with Gasteiger partial charge in [-0.05, 0) is 6.92 Å². The van der Waals surface area contributed by atoms with Crippen molar-refractivity contribution < 1.29 is 98.9 Å². The highest BCUT2D eigenvalue weighted by Crippen LogP contribution is 2.34. The fourth-order valence-corrected chi connectivity index (χ4v) is 6.29. The molecule has 13 N–H and O–H groups in total. The van der Waals surface area contributed by atoms with Crippen molar-refractivity contribution >= 4 is 11.8 Å². The third-order valence-electron chi connectivity index (χ3n) is 8.97. The van der Waals surface area contributed by atoms with Gasteiger partial charge in [0, 0.05) is 13.8 Å². The number of hydrogen-bond donors (Lipinski definition) is 13. The summed E-state index contributed by atoms with van der Waals surface area (Å²) in [5.74, 6) is -1.44. The molecule has 0 unspecified atom stereocenters. The molecule has 4 saturated heterocycles. The smallest absolute Gasteiger partial charge is 0.217 e. The van der Waals surface area contributed by atoms with Gasteiger partial charge in [0.1, 0.15) is 91.4 Å². The molecule has 4 rings (SSSR count). The van der Waals surface area contributed by atoms with Crippen LogP contribution in [0.1, 0.15) is 20.8 Å². The zero-order valence-corrected chi connectivity index (χ0v) is 27.3. The average Bonchev–Trinajstić information content (AvgIpc) is 3.07. The van der Waals surface area contributed by atoms with Crippen LogP contribution in [-0.4, -0.2) is 211 Å². The molecule has 22 nitrogen and oxygen atoms in total. The van der Waals surface area contributed by atoms with E-state index in [-0.39, 0.29) is 0 Å². The van der Waals surface area contributed by atoms with Crippen LogP contribution in [0.4, 0.5) is 0 Å². The van der Waals surface area contributed by atoms with Gasteiger partial charge in [-0.1, -0.05) is 0 Å². The van der Waals surface area contributed by atoms with Crippen molar-refractivity contribution in [3.63, 3.8) is 0 Å². The number of hydrogen-bond acceptors (Lipinski definition) is 20. The molecule has 0 aromatic carbocycles. The Morgan fingerprint density at radius 2 is 0.980 bits per heavy atom. The normalized spacial score (nSPS) is 48.5. The second kappa shape index (κ2) is 17.4. The van der Waals surface area contributed by atoms with Crippen LogP contribution >= 0.6 is 0 Å². The van der Waals surface area contributed by atoms with Crippen molar-refractivity contribution in [2.24, 2.45) is 0 Å². The summed E-state index contributed by atoms with van der Waals surface area (Å²) < 4.78 is 40.0. The maximum absolute atomic E-state index is 12.3. The number of carbonyl (C=O) groups excluding carboxylic acids is 2. The van der Waals surface area contributed by atoms with E-state index in [1.54, 1.807) is 0 Å². The van der Waals surface area contributed by atoms with E-state index in [1.807, 2.05) is 0 Å². The summed E-state index contributed by atoms with van der Waals surface area (Å²) >= 11 is 0. The third kappa shape index (κ3) is 8.70. The third-order valence-corrected chi connectivity index (χ3v) is 8.97. The summed E-state index contributed by atoms with van der Waals surface area (Å²) in [6.45, 7) is 0.985. The molecule has 4 aliphatic heterocycles. The summed E-state index contributed by atoms with van der Waals surface area (Å²) in [6, 6.07) is -3.11. The van der Waals surface area contributed by atoms with Crippen LogP contribution in [-0.2, 0) is 42.7 Å². The standard InChI is InChI=1S/C28H48N2O20/c1-7-15(36)18(39)20(41)27(44-7)50-24-14(30-9(3)35)25(43)45-12(6-33)23(24)49-26-13(29-8(2)34)17(38)22(11(5-32)47-26)48-28-21(42)19(40)16(37)10(4-31)46-28/h7,10-28,31-33,36-43H,4-6H2,1-3H3,(H,29,34)(H,30,35)/t7-,10+,11+,12+,13+,14+,15+,16+,17+,18+,19-,20-,21-,22+,23+,24+,25-,26+,27+,28-/m0/s1. The molecule has 0 aromatic rings. The van der Waals surface area contributed by atoms with Gasteiger partial charge in [-0.25, -0.2) is 0 Å². The van der Waals surface area contributed by atoms with Crippen LogP contribution in [0.3, 0.4) is 0 Å². The molecule has 0 radical (unpaired) electrons. The zero-order chi connectivity index (χ0) is 37.2. The van der Waals surface area contributed by atoms with E-state index < -0.39 is 154 Å². The lowest BCUT2D eigenvalue weighted by Crippen LogP contribution is -2.71. The quantitative estimate of drug-likeness (QED) is 0.0938. The van der Waals surface area contributed by atoms with Gasteiger partial charge in [0.2, 0.25) is 11.8 Å². The van der Waals surface area contributed by atoms with Crippen molar-refractivity contribution in [2.75, 3.05) is 19.8 Å². The Hall–Kier alpha value is -1.78. The average molecular weight is 733 g/mol. The number of aliphatic hydroxyl groups excluding tert-OH is 11. The van der Waals surface area contributed by atoms with E-state index >= 15 is 0 Å². The Bertz CT molecular complexity index is 1120. The minimum absolute atomic E-state index is 0.699. The van der Waals surface area contributed by atoms with E-state index in [1.165, 1.54) is 6.92 Å². The van der Waals surface area contributed by atoms with E-state index in [4.69, 9.17) is 33.2 Å². The Morgan fingerprint density at radius 3 is 1.54 bits per heavy atom. The highest BCUT2D eigenvalue weighted by molar-refractivity contribution is 5.73. The first-order chi connectivity index (χ1) is 23.5. The molecule has 4 heterocycles. The van der Waals surface area contributed by atoms with Gasteiger partial charge in [-0.2, -0.15) is 0 Å². The van der Waals surface area contributed by atoms with Gasteiger partial charge in [-0.3, -0.25) is 9.59 Å². The van der Waals surface area contributed by atoms with Crippen molar-refractivity contribution in [3.05, 3.63) is 0 Å². The maximum Gasteiger partial charge on any atom is 0.217 e. The number of aliphatic hydroxyl groups is 11. The van der Waals surface area contributed by atoms with Crippen molar-refractivity contribution in [3.8, 4) is 0 Å². The lowest BCUT2D eigenvalue weighted by atomic mass is 9.93. The second-order valence-electron chi connectivity index (χ2n) is 12.6. The molecular weight excluding hydrogens is 684 g/mol. The van der Waals surface area contributed by atoms with Gasteiger partial charge in [0.05, 0.1) is 25.9 Å². The Balaban J connectivity index is 1.66. The van der Waals surface area contributed by atoms with Crippen LogP contribution in [0, 0.1) is 0 Å². The van der Waals surface area contributed by atoms with Gasteiger partial charge >= 0.3 is 0 Å². The monoisotopic (exact) mass is 732 g/mol. The molecule has 2 amide bonds. The van der Waals surface area contributed by atoms with Crippen LogP contribution in [0.25, 0.3) is 0 Å². The van der Waals surface area contributed by atoms with Crippen LogP contribution in [0.15, 0.2) is 0 Å². The Kier molecular flexibility index (Phi) is 14.2. The van der Waals surface area contributed by atoms with Crippen LogP contribution in [0.5, 0.6) is 0 Å². The van der Waals surface area contributed by atoms with Crippen molar-refractivity contribution in [2.45, 2.75) is 143 Å². The highest BCUT2D eigenvalue weighted by atomic mass is 16.8. The fraction of sp³-hybridized carbons (Fsp3) is 0.929. The summed E-state index contributed by atoms with van der Waals surface area (Å²) in [6.07, 6.45) is -30.0. The van der Waals surface area contributed by atoms with E-state index in [0.717, 1.165) is 13.8 Å². The summed E-state index contributed by atoms with van der Waals surface area (Å²) in [5.41, 5.74) is 0. The molecule has 0 aromatic heterocycles. The van der Waals surface area contributed by atoms with Gasteiger partial charge in [0.15, 0.2) is 25.2 Å². The number of amides is 2. The number of rotatable bonds is 11. The molecule has 4 aliphatic rings. The Morgan fingerprint density at radius 1 is 0.520 bits per heavy atom. The molecule has 4 fully saturated rings. The van der Waals surface area contributed by atoms with Crippen LogP contribution in [0.2, 0.25) is 0 Å². The molecule has 290 valence electrons. The van der Waals surface area contributed by atoms with E-state index in [9.17, 15) is 65.8 Å². The summed E-state index contributed by atoms with van der Waals surface area (Å²) in [5, 5.41) is 119. The van der Waals surface area contributed by atoms with Gasteiger partial charge < -0.3 is 100.0 Å². The molecule has 0 bridgehead atoms. The number of carbonyl (C=O) groups is 2. The maximum atomic E-state index is 12.3. The predicted molar refractivity (Wildman–Crippen MR) is 156 cm³/mol. The molecule has 0 saturated carbocycles. The summed E-state index contributed by atoms with van der Waals surface area (Å²) in [4.78, 5) is 24.5. The molecule has 0 aliphatic carbocycles. The minimum Gasteiger partial charge on any atom is -0.394 e. The number of ether oxygens (including phenoxy) is 7. The molecular formula is C28H48N2O20. The van der Waals surface area contributed by atoms with Crippen molar-refractivity contribution in [1.82, 2.24) is 10.6 Å². The molecule has 20 atom stereocenters. The fourth-order valence-electron chi connectivity index (χ4n) is 6.29. The lowest BCUT2D eigenvalue weighted by molar-refractivity contribution is -0.373. The molecule has 22 heteroatoms. The van der Waals surface area contributed by atoms with Crippen molar-refractivity contribution in [1.29, 1.82) is 0 Å². The molecule has 0 spiro atoms. The first-order valence-electron chi connectivity index (χ1n) is 15.9. The van der Waals surface area contributed by atoms with E-state index in [0.29, 0.717) is 0 Å². The Labute approximate surface area is 285 Å². The van der Waals surface area contributed by atoms with Gasteiger partial charge in [0.25, 0.3) is 0 Å². The highest BCUT2D eigenvalue weighted by Gasteiger charge is 2.56. The van der Waals surface area contributed by atoms with Crippen LogP contribution < -0.4 is 10.6 Å². The van der Waals surface area contributed by atoms with E-state index in [2.05, 4.69) is 10.6 Å². The lowest BCUT2D eigenvalue weighted by Gasteiger charge is -2.50. The zero-order valence-electron chi connectivity index (χ0n) is 27.3. The first-order valence-corrected chi connectivity index (χ1v) is 15.9. The second-order valence-corrected chi connectivity index (χ2v) is 12.6. The molecule has 50 heavy (non-hydrogen) atoms. The largest absolute Gasteiger partial charge is 0.394 e.